The van der Waals surface area contributed by atoms with Crippen LogP contribution in [0.2, 0.25) is 0 Å². The first-order chi connectivity index (χ1) is 18.6. The molecule has 0 fully saturated rings. The maximum Gasteiger partial charge on any atom is 0.370 e. The van der Waals surface area contributed by atoms with Crippen molar-refractivity contribution in [1.29, 1.82) is 0 Å². The summed E-state index contributed by atoms with van der Waals surface area (Å²) in [5.41, 5.74) is 14.4. The van der Waals surface area contributed by atoms with Crippen LogP contribution < -0.4 is 16.8 Å². The third-order valence-electron chi connectivity index (χ3n) is 6.12. The fourth-order valence-electron chi connectivity index (χ4n) is 4.31. The lowest BCUT2D eigenvalue weighted by Gasteiger charge is -2.38. The average molecular weight is 536 g/mol. The number of hydrogen-bond donors (Lipinski definition) is 6. The van der Waals surface area contributed by atoms with Crippen LogP contribution in [-0.4, -0.2) is 78.5 Å². The van der Waals surface area contributed by atoms with Gasteiger partial charge in [0.05, 0.1) is 24.8 Å². The number of nitrogens with zero attached hydrogens (tertiary/aromatic N) is 4. The van der Waals surface area contributed by atoms with E-state index in [1.165, 1.54) is 11.6 Å². The second-order valence-corrected chi connectivity index (χ2v) is 9.02. The third kappa shape index (κ3) is 6.58. The number of aliphatic hydroxyl groups excluding tert-OH is 2. The molecule has 2 aromatic carbocycles. The highest BCUT2D eigenvalue weighted by molar-refractivity contribution is 5.85. The van der Waals surface area contributed by atoms with E-state index in [0.717, 1.165) is 22.8 Å². The number of aliphatic hydroxyl groups is 2. The molecule has 0 aliphatic carbocycles. The fourth-order valence-corrected chi connectivity index (χ4v) is 4.31. The van der Waals surface area contributed by atoms with Gasteiger partial charge in [-0.1, -0.05) is 59.8 Å². The molecular weight excluding hydrogens is 506 g/mol. The number of hydrogen-bond acceptors (Lipinski definition) is 8. The molecule has 1 aliphatic heterocycles. The van der Waals surface area contributed by atoms with Crippen molar-refractivity contribution in [2.45, 2.75) is 43.9 Å². The summed E-state index contributed by atoms with van der Waals surface area (Å²) >= 11 is 0. The van der Waals surface area contributed by atoms with Crippen molar-refractivity contribution in [2.75, 3.05) is 0 Å². The van der Waals surface area contributed by atoms with Crippen molar-refractivity contribution in [3.05, 3.63) is 72.6 Å². The summed E-state index contributed by atoms with van der Waals surface area (Å²) in [6.45, 7) is 1.02. The second kappa shape index (κ2) is 11.8. The predicted octanol–water partition coefficient (Wildman–Crippen LogP) is -0.152. The molecule has 4 rings (SSSR count). The Morgan fingerprint density at radius 3 is 2.33 bits per heavy atom. The SMILES string of the molecule is CC(=O)N[C@H]1C(C(O)C(O)Cn2cc(-c3ccc(-c4ccccc4)cc3)nn2)OC(C(=O)O)=C[C@H]1N=C(N)N. The predicted molar refractivity (Wildman–Crippen MR) is 141 cm³/mol. The van der Waals surface area contributed by atoms with Crippen LogP contribution >= 0.6 is 0 Å². The summed E-state index contributed by atoms with van der Waals surface area (Å²) in [5.74, 6) is -2.83. The molecule has 0 saturated heterocycles. The van der Waals surface area contributed by atoms with Crippen LogP contribution in [0, 0.1) is 0 Å². The molecule has 39 heavy (non-hydrogen) atoms. The second-order valence-electron chi connectivity index (χ2n) is 9.02. The lowest BCUT2D eigenvalue weighted by atomic mass is 9.92. The van der Waals surface area contributed by atoms with E-state index in [1.807, 2.05) is 54.6 Å². The number of amides is 1. The van der Waals surface area contributed by atoms with Crippen molar-refractivity contribution in [3.8, 4) is 22.4 Å². The Labute approximate surface area is 223 Å². The van der Waals surface area contributed by atoms with Gasteiger partial charge in [-0.15, -0.1) is 5.10 Å². The maximum atomic E-state index is 11.8. The summed E-state index contributed by atoms with van der Waals surface area (Å²) in [4.78, 5) is 27.4. The van der Waals surface area contributed by atoms with Gasteiger partial charge in [0.1, 0.15) is 24.0 Å². The molecule has 0 saturated carbocycles. The molecule has 13 heteroatoms. The van der Waals surface area contributed by atoms with Crippen molar-refractivity contribution < 1.29 is 29.6 Å². The molecule has 3 aromatic rings. The van der Waals surface area contributed by atoms with E-state index < -0.39 is 48.0 Å². The van der Waals surface area contributed by atoms with Crippen molar-refractivity contribution in [3.63, 3.8) is 0 Å². The van der Waals surface area contributed by atoms with Gasteiger partial charge in [-0.3, -0.25) is 4.79 Å². The molecule has 1 aliphatic rings. The number of aliphatic imine (C=N–C) groups is 1. The smallest absolute Gasteiger partial charge is 0.370 e. The molecule has 0 bridgehead atoms. The number of rotatable bonds is 9. The number of guanidine groups is 1. The van der Waals surface area contributed by atoms with Crippen LogP contribution in [0.5, 0.6) is 0 Å². The summed E-state index contributed by atoms with van der Waals surface area (Å²) < 4.78 is 6.80. The van der Waals surface area contributed by atoms with Gasteiger partial charge in [-0.2, -0.15) is 0 Å². The Morgan fingerprint density at radius 2 is 1.72 bits per heavy atom. The van der Waals surface area contributed by atoms with Gasteiger partial charge in [0, 0.05) is 12.5 Å². The van der Waals surface area contributed by atoms with Crippen LogP contribution in [-0.2, 0) is 20.9 Å². The van der Waals surface area contributed by atoms with Gasteiger partial charge >= 0.3 is 5.97 Å². The highest BCUT2D eigenvalue weighted by atomic mass is 16.5. The molecule has 2 heterocycles. The molecular formula is C26H29N7O6. The summed E-state index contributed by atoms with van der Waals surface area (Å²) in [5, 5.41) is 42.0. The van der Waals surface area contributed by atoms with Crippen molar-refractivity contribution in [2.24, 2.45) is 16.5 Å². The maximum absolute atomic E-state index is 11.8. The molecule has 5 atom stereocenters. The standard InChI is InChI=1S/C26H29N7O6/c1-14(34)29-22-18(30-26(27)28)11-21(25(37)38)39-24(22)23(36)20(35)13-33-12-19(31-32-33)17-9-7-16(8-10-17)15-5-3-2-4-6-15/h2-12,18,20,22-24,35-36H,13H2,1H3,(H,29,34)(H,37,38)(H4,27,28,30)/t18-,20?,22-,23?,24?/m1/s1. The highest BCUT2D eigenvalue weighted by Crippen LogP contribution is 2.26. The number of carbonyl (C=O) groups excluding carboxylic acids is 1. The van der Waals surface area contributed by atoms with E-state index in [0.29, 0.717) is 5.69 Å². The van der Waals surface area contributed by atoms with E-state index in [4.69, 9.17) is 16.2 Å². The largest absolute Gasteiger partial charge is 0.478 e. The van der Waals surface area contributed by atoms with E-state index in [-0.39, 0.29) is 12.5 Å². The topological polar surface area (TPSA) is 211 Å². The highest BCUT2D eigenvalue weighted by Gasteiger charge is 2.44. The van der Waals surface area contributed by atoms with Crippen LogP contribution in [0.15, 0.2) is 77.6 Å². The van der Waals surface area contributed by atoms with Gasteiger partial charge in [0.15, 0.2) is 5.96 Å². The minimum atomic E-state index is -1.67. The molecule has 1 amide bonds. The first kappa shape index (κ1) is 27.3. The van der Waals surface area contributed by atoms with Crippen molar-refractivity contribution >= 4 is 17.8 Å². The number of nitrogens with one attached hydrogen (secondary N) is 1. The van der Waals surface area contributed by atoms with E-state index in [9.17, 15) is 24.9 Å². The Balaban J connectivity index is 1.50. The first-order valence-electron chi connectivity index (χ1n) is 12.0. The quantitative estimate of drug-likeness (QED) is 0.157. The zero-order chi connectivity index (χ0) is 28.1. The molecule has 3 unspecified atom stereocenters. The number of benzene rings is 2. The molecule has 0 spiro atoms. The Kier molecular flexibility index (Phi) is 8.22. The molecule has 13 nitrogen and oxygen atoms in total. The Hall–Kier alpha value is -4.75. The Morgan fingerprint density at radius 1 is 1.08 bits per heavy atom. The number of carboxylic acids is 1. The molecule has 0 radical (unpaired) electrons. The molecule has 8 N–H and O–H groups in total. The van der Waals surface area contributed by atoms with Gasteiger partial charge in [0.25, 0.3) is 0 Å². The lowest BCUT2D eigenvalue weighted by molar-refractivity contribution is -0.145. The van der Waals surface area contributed by atoms with Crippen LogP contribution in [0.3, 0.4) is 0 Å². The Bertz CT molecular complexity index is 1370. The number of nitrogens with two attached hydrogens (primary N) is 2. The van der Waals surface area contributed by atoms with Gasteiger partial charge in [0.2, 0.25) is 11.7 Å². The number of ether oxygens (including phenoxy) is 1. The lowest BCUT2D eigenvalue weighted by Crippen LogP contribution is -2.59. The monoisotopic (exact) mass is 535 g/mol. The van der Waals surface area contributed by atoms with Gasteiger partial charge in [-0.25, -0.2) is 14.5 Å². The molecule has 204 valence electrons. The summed E-state index contributed by atoms with van der Waals surface area (Å²) in [7, 11) is 0. The van der Waals surface area contributed by atoms with E-state index in [2.05, 4.69) is 20.6 Å². The van der Waals surface area contributed by atoms with Crippen LogP contribution in [0.1, 0.15) is 6.92 Å². The number of aromatic nitrogens is 3. The zero-order valence-corrected chi connectivity index (χ0v) is 21.0. The van der Waals surface area contributed by atoms with Crippen molar-refractivity contribution in [1.82, 2.24) is 20.3 Å². The fraction of sp³-hybridized carbons (Fsp3) is 0.269. The van der Waals surface area contributed by atoms with Crippen LogP contribution in [0.4, 0.5) is 0 Å². The van der Waals surface area contributed by atoms with E-state index >= 15 is 0 Å². The van der Waals surface area contributed by atoms with Gasteiger partial charge in [-0.05, 0) is 17.2 Å². The first-order valence-corrected chi connectivity index (χ1v) is 12.0. The van der Waals surface area contributed by atoms with Crippen LogP contribution in [0.25, 0.3) is 22.4 Å². The minimum Gasteiger partial charge on any atom is -0.478 e. The summed E-state index contributed by atoms with van der Waals surface area (Å²) in [6.07, 6.45) is -1.84. The number of carbonyl (C=O) groups is 2. The number of aliphatic carboxylic acids is 1. The average Bonchev–Trinajstić information content (AvgIpc) is 3.37. The molecule has 1 aromatic heterocycles. The zero-order valence-electron chi connectivity index (χ0n) is 21.0. The summed E-state index contributed by atoms with van der Waals surface area (Å²) in [6, 6.07) is 15.5. The normalized spacial score (nSPS) is 20.2. The third-order valence-corrected chi connectivity index (χ3v) is 6.12. The van der Waals surface area contributed by atoms with E-state index in [1.54, 1.807) is 6.20 Å². The van der Waals surface area contributed by atoms with Gasteiger partial charge < -0.3 is 36.8 Å². The number of carboxylic acid groups (broad SMARTS) is 1. The minimum absolute atomic E-state index is 0.206.